The van der Waals surface area contributed by atoms with Crippen LogP contribution in [0, 0.1) is 0 Å². The van der Waals surface area contributed by atoms with E-state index in [1.165, 1.54) is 11.1 Å². The van der Waals surface area contributed by atoms with Gasteiger partial charge in [-0.25, -0.2) is 4.98 Å². The Morgan fingerprint density at radius 1 is 1.04 bits per heavy atom. The molecule has 118 valence electrons. The molecule has 1 aromatic heterocycles. The fourth-order valence-corrected chi connectivity index (χ4v) is 2.92. The molecule has 0 saturated heterocycles. The first kappa shape index (κ1) is 14.2. The SMILES string of the molecule is Nc1ccc(N2C(=O)CC(=O)Nc3c2ccc2ccccc32)cn1. The summed E-state index contributed by atoms with van der Waals surface area (Å²) in [6, 6.07) is 14.8. The molecule has 0 atom stereocenters. The van der Waals surface area contributed by atoms with E-state index >= 15 is 0 Å². The second kappa shape index (κ2) is 5.34. The minimum atomic E-state index is -0.330. The van der Waals surface area contributed by atoms with Gasteiger partial charge in [0.2, 0.25) is 11.8 Å². The molecule has 1 aliphatic heterocycles. The Morgan fingerprint density at radius 2 is 1.88 bits per heavy atom. The van der Waals surface area contributed by atoms with Crippen LogP contribution in [0.5, 0.6) is 0 Å². The fraction of sp³-hybridized carbons (Fsp3) is 0.0556. The highest BCUT2D eigenvalue weighted by atomic mass is 16.2. The number of fused-ring (bicyclic) bond motifs is 3. The van der Waals surface area contributed by atoms with Gasteiger partial charge in [-0.3, -0.25) is 14.5 Å². The van der Waals surface area contributed by atoms with Crippen LogP contribution in [0.15, 0.2) is 54.7 Å². The van der Waals surface area contributed by atoms with Crippen LogP contribution in [0.1, 0.15) is 6.42 Å². The molecule has 0 fully saturated rings. The molecule has 2 amide bonds. The molecular formula is C18H14N4O2. The molecule has 24 heavy (non-hydrogen) atoms. The summed E-state index contributed by atoms with van der Waals surface area (Å²) in [4.78, 5) is 30.3. The highest BCUT2D eigenvalue weighted by molar-refractivity contribution is 6.21. The normalized spacial score (nSPS) is 14.2. The number of rotatable bonds is 1. The summed E-state index contributed by atoms with van der Waals surface area (Å²) in [6.07, 6.45) is 1.30. The van der Waals surface area contributed by atoms with Gasteiger partial charge in [0.25, 0.3) is 0 Å². The van der Waals surface area contributed by atoms with Gasteiger partial charge in [0, 0.05) is 5.39 Å². The van der Waals surface area contributed by atoms with Crippen LogP contribution in [0.3, 0.4) is 0 Å². The maximum absolute atomic E-state index is 12.6. The van der Waals surface area contributed by atoms with Crippen molar-refractivity contribution in [3.63, 3.8) is 0 Å². The number of nitrogens with one attached hydrogen (secondary N) is 1. The van der Waals surface area contributed by atoms with Crippen molar-refractivity contribution in [3.8, 4) is 0 Å². The number of hydrogen-bond donors (Lipinski definition) is 2. The summed E-state index contributed by atoms with van der Waals surface area (Å²) in [6.45, 7) is 0. The van der Waals surface area contributed by atoms with Crippen molar-refractivity contribution in [1.29, 1.82) is 0 Å². The number of nitrogens with zero attached hydrogens (tertiary/aromatic N) is 2. The number of carbonyl (C=O) groups excluding carboxylic acids is 2. The van der Waals surface area contributed by atoms with Crippen molar-refractivity contribution in [2.75, 3.05) is 16.0 Å². The smallest absolute Gasteiger partial charge is 0.241 e. The zero-order chi connectivity index (χ0) is 16.7. The monoisotopic (exact) mass is 318 g/mol. The van der Waals surface area contributed by atoms with Gasteiger partial charge in [-0.1, -0.05) is 30.3 Å². The van der Waals surface area contributed by atoms with Gasteiger partial charge in [-0.2, -0.15) is 0 Å². The molecule has 3 N–H and O–H groups in total. The van der Waals surface area contributed by atoms with Gasteiger partial charge >= 0.3 is 0 Å². The van der Waals surface area contributed by atoms with E-state index in [0.29, 0.717) is 22.9 Å². The number of benzene rings is 2. The number of hydrogen-bond acceptors (Lipinski definition) is 4. The third-order valence-corrected chi connectivity index (χ3v) is 4.00. The predicted molar refractivity (Wildman–Crippen MR) is 93.0 cm³/mol. The molecule has 2 heterocycles. The van der Waals surface area contributed by atoms with Gasteiger partial charge < -0.3 is 11.1 Å². The van der Waals surface area contributed by atoms with E-state index in [1.807, 2.05) is 36.4 Å². The number of carbonyl (C=O) groups is 2. The Morgan fingerprint density at radius 3 is 2.67 bits per heavy atom. The fourth-order valence-electron chi connectivity index (χ4n) is 2.92. The third kappa shape index (κ3) is 2.25. The van der Waals surface area contributed by atoms with E-state index in [2.05, 4.69) is 10.3 Å². The average Bonchev–Trinajstić information content (AvgIpc) is 2.71. The van der Waals surface area contributed by atoms with Crippen molar-refractivity contribution >= 4 is 45.5 Å². The average molecular weight is 318 g/mol. The number of nitrogen functional groups attached to an aromatic ring is 1. The maximum Gasteiger partial charge on any atom is 0.241 e. The predicted octanol–water partition coefficient (Wildman–Crippen LogP) is 2.82. The topological polar surface area (TPSA) is 88.3 Å². The molecule has 1 aliphatic rings. The lowest BCUT2D eigenvalue weighted by Crippen LogP contribution is -2.26. The number of amides is 2. The van der Waals surface area contributed by atoms with Crippen LogP contribution in [-0.4, -0.2) is 16.8 Å². The molecule has 2 aromatic carbocycles. The highest BCUT2D eigenvalue weighted by Crippen LogP contribution is 2.39. The van der Waals surface area contributed by atoms with Crippen LogP contribution in [-0.2, 0) is 9.59 Å². The number of pyridine rings is 1. The maximum atomic E-state index is 12.6. The lowest BCUT2D eigenvalue weighted by atomic mass is 10.1. The molecule has 0 aliphatic carbocycles. The molecule has 4 rings (SSSR count). The number of aromatic nitrogens is 1. The quantitative estimate of drug-likeness (QED) is 0.675. The first-order valence-corrected chi connectivity index (χ1v) is 7.49. The molecule has 0 unspecified atom stereocenters. The van der Waals surface area contributed by atoms with Crippen molar-refractivity contribution in [3.05, 3.63) is 54.7 Å². The molecule has 0 saturated carbocycles. The molecule has 3 aromatic rings. The minimum absolute atomic E-state index is 0.229. The van der Waals surface area contributed by atoms with Gasteiger partial charge in [0.1, 0.15) is 12.2 Å². The van der Waals surface area contributed by atoms with Gasteiger partial charge in [-0.05, 0) is 23.6 Å². The van der Waals surface area contributed by atoms with E-state index < -0.39 is 0 Å². The summed E-state index contributed by atoms with van der Waals surface area (Å²) in [5.74, 6) is -0.273. The van der Waals surface area contributed by atoms with E-state index in [-0.39, 0.29) is 18.2 Å². The summed E-state index contributed by atoms with van der Waals surface area (Å²) in [5.41, 5.74) is 7.45. The van der Waals surface area contributed by atoms with Crippen molar-refractivity contribution < 1.29 is 9.59 Å². The Kier molecular flexibility index (Phi) is 3.16. The van der Waals surface area contributed by atoms with E-state index in [4.69, 9.17) is 5.73 Å². The standard InChI is InChI=1S/C18H14N4O2/c19-15-8-6-12(10-20-15)22-14-7-5-11-3-1-2-4-13(11)18(14)21-16(23)9-17(22)24/h1-8,10H,9H2,(H2,19,20)(H,21,23). The summed E-state index contributed by atoms with van der Waals surface area (Å²) < 4.78 is 0. The van der Waals surface area contributed by atoms with Crippen molar-refractivity contribution in [1.82, 2.24) is 4.98 Å². The molecule has 0 spiro atoms. The van der Waals surface area contributed by atoms with Crippen molar-refractivity contribution in [2.24, 2.45) is 0 Å². The Hall–Kier alpha value is -3.41. The summed E-state index contributed by atoms with van der Waals surface area (Å²) in [5, 5.41) is 4.73. The summed E-state index contributed by atoms with van der Waals surface area (Å²) in [7, 11) is 0. The lowest BCUT2D eigenvalue weighted by Gasteiger charge is -2.23. The van der Waals surface area contributed by atoms with E-state index in [1.54, 1.807) is 12.1 Å². The second-order valence-electron chi connectivity index (χ2n) is 5.58. The first-order chi connectivity index (χ1) is 11.6. The lowest BCUT2D eigenvalue weighted by molar-refractivity contribution is -0.124. The van der Waals surface area contributed by atoms with Crippen LogP contribution in [0.4, 0.5) is 22.9 Å². The van der Waals surface area contributed by atoms with Gasteiger partial charge in [0.15, 0.2) is 0 Å². The molecule has 0 bridgehead atoms. The molecule has 6 heteroatoms. The van der Waals surface area contributed by atoms with Gasteiger partial charge in [0.05, 0.1) is 23.3 Å². The van der Waals surface area contributed by atoms with E-state index in [0.717, 1.165) is 10.8 Å². The third-order valence-electron chi connectivity index (χ3n) is 4.00. The van der Waals surface area contributed by atoms with Crippen molar-refractivity contribution in [2.45, 2.75) is 6.42 Å². The van der Waals surface area contributed by atoms with Crippen LogP contribution in [0.25, 0.3) is 10.8 Å². The van der Waals surface area contributed by atoms with Crippen LogP contribution >= 0.6 is 0 Å². The van der Waals surface area contributed by atoms with Crippen LogP contribution in [0.2, 0.25) is 0 Å². The number of anilines is 4. The zero-order valence-electron chi connectivity index (χ0n) is 12.7. The molecule has 0 radical (unpaired) electrons. The van der Waals surface area contributed by atoms with Crippen LogP contribution < -0.4 is 16.0 Å². The number of nitrogens with two attached hydrogens (primary N) is 1. The second-order valence-corrected chi connectivity index (χ2v) is 5.58. The minimum Gasteiger partial charge on any atom is -0.384 e. The Balaban J connectivity index is 1.98. The summed E-state index contributed by atoms with van der Waals surface area (Å²) >= 11 is 0. The molecular weight excluding hydrogens is 304 g/mol. The Labute approximate surface area is 137 Å². The zero-order valence-corrected chi connectivity index (χ0v) is 12.7. The molecule has 6 nitrogen and oxygen atoms in total. The first-order valence-electron chi connectivity index (χ1n) is 7.49. The van der Waals surface area contributed by atoms with E-state index in [9.17, 15) is 9.59 Å². The largest absolute Gasteiger partial charge is 0.384 e. The Bertz CT molecular complexity index is 966. The van der Waals surface area contributed by atoms with Gasteiger partial charge in [-0.15, -0.1) is 0 Å². The highest BCUT2D eigenvalue weighted by Gasteiger charge is 2.28.